The molecule has 0 atom stereocenters. The molecule has 2 aromatic rings. The van der Waals surface area contributed by atoms with Crippen LogP contribution in [0.3, 0.4) is 0 Å². The van der Waals surface area contributed by atoms with Gasteiger partial charge in [0.1, 0.15) is 23.2 Å². The van der Waals surface area contributed by atoms with Gasteiger partial charge in [-0.1, -0.05) is 40.0 Å². The number of amides is 1. The molecule has 1 amide bonds. The van der Waals surface area contributed by atoms with Crippen LogP contribution in [0.5, 0.6) is 5.75 Å². The minimum atomic E-state index is -4.52. The van der Waals surface area contributed by atoms with Crippen LogP contribution in [0.4, 0.5) is 13.6 Å². The number of nitrogens with two attached hydrogens (primary N) is 1. The lowest BCUT2D eigenvalue weighted by Gasteiger charge is -2.14. The lowest BCUT2D eigenvalue weighted by molar-refractivity contribution is 0.145. The Morgan fingerprint density at radius 3 is 2.35 bits per heavy atom. The number of ether oxygens (including phenoxy) is 1. The van der Waals surface area contributed by atoms with Crippen LogP contribution in [0.15, 0.2) is 23.2 Å². The molecular weight excluding hydrogens is 432 g/mol. The minimum absolute atomic E-state index is 0.187. The number of unbranched alkanes of at least 4 members (excludes halogenated alkanes) is 3. The second-order valence-electron chi connectivity index (χ2n) is 7.34. The first-order valence-corrected chi connectivity index (χ1v) is 11.4. The molecule has 0 aliphatic rings. The van der Waals surface area contributed by atoms with Crippen molar-refractivity contribution in [3.05, 3.63) is 41.4 Å². The molecule has 0 fully saturated rings. The molecule has 11 heteroatoms. The Hall–Kier alpha value is -2.69. The molecular formula is C20H27F2N3O5S. The Balaban J connectivity index is 2.53. The van der Waals surface area contributed by atoms with Crippen molar-refractivity contribution in [2.45, 2.75) is 70.6 Å². The lowest BCUT2D eigenvalue weighted by Crippen LogP contribution is -2.20. The number of aromatic nitrogens is 2. The molecule has 2 rings (SSSR count). The normalized spacial score (nSPS) is 11.7. The summed E-state index contributed by atoms with van der Waals surface area (Å²) in [6.07, 6.45) is 2.40. The van der Waals surface area contributed by atoms with Crippen molar-refractivity contribution in [3.8, 4) is 5.75 Å². The van der Waals surface area contributed by atoms with Crippen molar-refractivity contribution in [3.63, 3.8) is 0 Å². The largest absolute Gasteiger partial charge is 0.442 e. The Kier molecular flexibility index (Phi) is 8.37. The monoisotopic (exact) mass is 459 g/mol. The van der Waals surface area contributed by atoms with E-state index in [-0.39, 0.29) is 35.6 Å². The number of hydrogen-bond acceptors (Lipinski definition) is 6. The number of hydrogen-bond donors (Lipinski definition) is 1. The number of nitrogens with zero attached hydrogens (tertiary/aromatic N) is 2. The lowest BCUT2D eigenvalue weighted by atomic mass is 10.1. The van der Waals surface area contributed by atoms with Crippen LogP contribution in [-0.2, 0) is 28.0 Å². The summed E-state index contributed by atoms with van der Waals surface area (Å²) < 4.78 is 64.6. The van der Waals surface area contributed by atoms with Crippen molar-refractivity contribution in [1.29, 1.82) is 0 Å². The van der Waals surface area contributed by atoms with Crippen LogP contribution in [0, 0.1) is 11.6 Å². The zero-order valence-electron chi connectivity index (χ0n) is 17.7. The highest BCUT2D eigenvalue weighted by Crippen LogP contribution is 2.29. The van der Waals surface area contributed by atoms with Gasteiger partial charge < -0.3 is 19.2 Å². The van der Waals surface area contributed by atoms with Crippen molar-refractivity contribution >= 4 is 16.2 Å². The van der Waals surface area contributed by atoms with Crippen LogP contribution >= 0.6 is 0 Å². The second-order valence-corrected chi connectivity index (χ2v) is 8.80. The maximum atomic E-state index is 13.5. The first kappa shape index (κ1) is 24.6. The third-order valence-electron chi connectivity index (χ3n) is 4.43. The summed E-state index contributed by atoms with van der Waals surface area (Å²) in [5, 5.41) is -0.244. The molecule has 0 bridgehead atoms. The van der Waals surface area contributed by atoms with E-state index in [1.807, 2.05) is 6.92 Å². The van der Waals surface area contributed by atoms with Gasteiger partial charge >= 0.3 is 16.2 Å². The molecule has 0 saturated heterocycles. The number of halogens is 2. The Morgan fingerprint density at radius 2 is 1.81 bits per heavy atom. The fourth-order valence-corrected chi connectivity index (χ4v) is 4.49. The molecule has 172 valence electrons. The summed E-state index contributed by atoms with van der Waals surface area (Å²) in [4.78, 5) is 15.4. The summed E-state index contributed by atoms with van der Waals surface area (Å²) in [5.41, 5.74) is 5.23. The van der Waals surface area contributed by atoms with Gasteiger partial charge in [0.2, 0.25) is 0 Å². The van der Waals surface area contributed by atoms with Crippen LogP contribution in [0.2, 0.25) is 0 Å². The minimum Gasteiger partial charge on any atom is -0.442 e. The van der Waals surface area contributed by atoms with Crippen LogP contribution in [0.1, 0.15) is 63.9 Å². The van der Waals surface area contributed by atoms with Gasteiger partial charge in [0.05, 0.1) is 5.69 Å². The number of carbonyl (C=O) groups is 1. The fourth-order valence-electron chi connectivity index (χ4n) is 3.06. The third-order valence-corrected chi connectivity index (χ3v) is 5.74. The molecule has 0 spiro atoms. The standard InChI is InChI=1S/C20H27F2N3O5S/c1-4-5-6-7-8-25-17(12-29-20(23)26)24-18(13(2)3)19(25)31(27,28)30-16-10-14(21)9-15(22)11-16/h9-11,13H,4-8,12H2,1-3H3,(H2,23,26). The SMILES string of the molecule is CCCCCCn1c(COC(N)=O)nc(C(C)C)c1S(=O)(=O)Oc1cc(F)cc(F)c1. The average molecular weight is 460 g/mol. The molecule has 0 radical (unpaired) electrons. The predicted octanol–water partition coefficient (Wildman–Crippen LogP) is 4.23. The zero-order chi connectivity index (χ0) is 23.2. The Labute approximate surface area is 180 Å². The fraction of sp³-hybridized carbons (Fsp3) is 0.500. The number of imidazole rings is 1. The van der Waals surface area contributed by atoms with Crippen LogP contribution in [0.25, 0.3) is 0 Å². The van der Waals surface area contributed by atoms with Crippen LogP contribution < -0.4 is 9.92 Å². The molecule has 1 aromatic carbocycles. The summed E-state index contributed by atoms with van der Waals surface area (Å²) in [6, 6.07) is 2.15. The van der Waals surface area contributed by atoms with E-state index in [9.17, 15) is 22.0 Å². The molecule has 0 aliphatic carbocycles. The molecule has 0 saturated carbocycles. The van der Waals surface area contributed by atoms with Gasteiger partial charge in [0.25, 0.3) is 0 Å². The number of carbonyl (C=O) groups excluding carboxylic acids is 1. The molecule has 1 aromatic heterocycles. The molecule has 0 aliphatic heterocycles. The smallest absolute Gasteiger partial charge is 0.404 e. The summed E-state index contributed by atoms with van der Waals surface area (Å²) in [6.45, 7) is 5.47. The van der Waals surface area contributed by atoms with E-state index < -0.39 is 33.6 Å². The first-order chi connectivity index (χ1) is 14.5. The van der Waals surface area contributed by atoms with Crippen molar-refractivity contribution in [1.82, 2.24) is 9.55 Å². The van der Waals surface area contributed by atoms with Crippen LogP contribution in [-0.4, -0.2) is 24.1 Å². The summed E-state index contributed by atoms with van der Waals surface area (Å²) in [5.74, 6) is -2.59. The highest BCUT2D eigenvalue weighted by Gasteiger charge is 2.31. The number of benzene rings is 1. The van der Waals surface area contributed by atoms with Gasteiger partial charge in [0.15, 0.2) is 11.6 Å². The summed E-state index contributed by atoms with van der Waals surface area (Å²) >= 11 is 0. The first-order valence-electron chi connectivity index (χ1n) is 9.97. The van der Waals surface area contributed by atoms with E-state index in [2.05, 4.69) is 4.98 Å². The van der Waals surface area contributed by atoms with E-state index >= 15 is 0 Å². The second kappa shape index (κ2) is 10.6. The van der Waals surface area contributed by atoms with Gasteiger partial charge in [-0.15, -0.1) is 0 Å². The zero-order valence-corrected chi connectivity index (χ0v) is 18.5. The van der Waals surface area contributed by atoms with Crippen molar-refractivity contribution in [2.75, 3.05) is 0 Å². The van der Waals surface area contributed by atoms with Crippen molar-refractivity contribution < 1.29 is 30.9 Å². The van der Waals surface area contributed by atoms with Gasteiger partial charge in [-0.25, -0.2) is 18.6 Å². The Bertz CT molecular complexity index is 1000. The van der Waals surface area contributed by atoms with Gasteiger partial charge in [-0.3, -0.25) is 0 Å². The van der Waals surface area contributed by atoms with Gasteiger partial charge in [-0.05, 0) is 12.3 Å². The molecule has 0 unspecified atom stereocenters. The molecule has 8 nitrogen and oxygen atoms in total. The average Bonchev–Trinajstić information content (AvgIpc) is 3.02. The molecule has 2 N–H and O–H groups in total. The summed E-state index contributed by atoms with van der Waals surface area (Å²) in [7, 11) is -4.52. The molecule has 31 heavy (non-hydrogen) atoms. The van der Waals surface area contributed by atoms with E-state index in [0.29, 0.717) is 12.5 Å². The molecule has 1 heterocycles. The van der Waals surface area contributed by atoms with E-state index in [0.717, 1.165) is 31.4 Å². The maximum Gasteiger partial charge on any atom is 0.404 e. The highest BCUT2D eigenvalue weighted by atomic mass is 32.2. The van der Waals surface area contributed by atoms with Gasteiger partial charge in [0, 0.05) is 24.7 Å². The number of rotatable bonds is 11. The quantitative estimate of drug-likeness (QED) is 0.397. The van der Waals surface area contributed by atoms with Crippen molar-refractivity contribution in [2.24, 2.45) is 5.73 Å². The highest BCUT2D eigenvalue weighted by molar-refractivity contribution is 7.87. The number of primary amides is 1. The van der Waals surface area contributed by atoms with E-state index in [4.69, 9.17) is 14.7 Å². The van der Waals surface area contributed by atoms with E-state index in [1.165, 1.54) is 4.57 Å². The maximum absolute atomic E-state index is 13.5. The third kappa shape index (κ3) is 6.65. The Morgan fingerprint density at radius 1 is 1.16 bits per heavy atom. The van der Waals surface area contributed by atoms with Gasteiger partial charge in [-0.2, -0.15) is 8.42 Å². The van der Waals surface area contributed by atoms with E-state index in [1.54, 1.807) is 13.8 Å². The topological polar surface area (TPSA) is 114 Å². The predicted molar refractivity (Wildman–Crippen MR) is 109 cm³/mol.